The van der Waals surface area contributed by atoms with Gasteiger partial charge in [-0.3, -0.25) is 0 Å². The van der Waals surface area contributed by atoms with Crippen molar-refractivity contribution in [2.45, 2.75) is 44.0 Å². The number of hydrogen-bond acceptors (Lipinski definition) is 7. The Kier molecular flexibility index (Phi) is 3.94. The first-order valence-electron chi connectivity index (χ1n) is 7.53. The maximum absolute atomic E-state index is 10.8. The van der Waals surface area contributed by atoms with Crippen LogP contribution in [0.4, 0.5) is 0 Å². The molecule has 0 aliphatic carbocycles. The fourth-order valence-electron chi connectivity index (χ4n) is 3.11. The number of nitrogens with zero attached hydrogens (tertiary/aromatic N) is 4. The number of halogens is 2. The standard InChI is InChI=1S/C14H16Cl2N4O4/c1-14(2)23-5-8-10(24-14)9(21)7(4-22-8)20-12-6(3-17-20)11(15)18-13(16)19-12/h3,7-10,21H,4-5H2,1-2H3/t7-,8-,9+,10-/m1/s1. The normalized spacial score (nSPS) is 32.7. The van der Waals surface area contributed by atoms with Crippen molar-refractivity contribution < 1.29 is 19.3 Å². The molecule has 2 aromatic heterocycles. The molecule has 2 fully saturated rings. The smallest absolute Gasteiger partial charge is 0.225 e. The summed E-state index contributed by atoms with van der Waals surface area (Å²) >= 11 is 12.0. The lowest BCUT2D eigenvalue weighted by molar-refractivity contribution is -0.341. The van der Waals surface area contributed by atoms with Gasteiger partial charge in [0.25, 0.3) is 0 Å². The summed E-state index contributed by atoms with van der Waals surface area (Å²) in [4.78, 5) is 8.07. The van der Waals surface area contributed by atoms with Crippen LogP contribution in [0, 0.1) is 0 Å². The number of hydrogen-bond donors (Lipinski definition) is 1. The molecule has 4 rings (SSSR count). The van der Waals surface area contributed by atoms with Gasteiger partial charge in [-0.15, -0.1) is 0 Å². The van der Waals surface area contributed by atoms with Crippen molar-refractivity contribution in [3.8, 4) is 0 Å². The van der Waals surface area contributed by atoms with Crippen molar-refractivity contribution >= 4 is 34.2 Å². The van der Waals surface area contributed by atoms with Gasteiger partial charge in [-0.1, -0.05) is 11.6 Å². The average Bonchev–Trinajstić information content (AvgIpc) is 2.91. The van der Waals surface area contributed by atoms with Gasteiger partial charge in [0.2, 0.25) is 5.28 Å². The van der Waals surface area contributed by atoms with Crippen LogP contribution < -0.4 is 0 Å². The summed E-state index contributed by atoms with van der Waals surface area (Å²) in [6.45, 7) is 4.21. The number of aromatic nitrogens is 4. The predicted octanol–water partition coefficient (Wildman–Crippen LogP) is 1.59. The highest BCUT2D eigenvalue weighted by atomic mass is 35.5. The summed E-state index contributed by atoms with van der Waals surface area (Å²) in [6.07, 6.45) is -0.156. The van der Waals surface area contributed by atoms with Gasteiger partial charge in [-0.05, 0) is 25.4 Å². The molecule has 0 radical (unpaired) electrons. The van der Waals surface area contributed by atoms with Crippen molar-refractivity contribution in [2.24, 2.45) is 0 Å². The summed E-state index contributed by atoms with van der Waals surface area (Å²) in [5, 5.41) is 15.9. The van der Waals surface area contributed by atoms with Crippen LogP contribution in [0.1, 0.15) is 19.9 Å². The van der Waals surface area contributed by atoms with E-state index in [9.17, 15) is 5.11 Å². The molecule has 1 N–H and O–H groups in total. The third-order valence-electron chi connectivity index (χ3n) is 4.29. The molecule has 2 aliphatic heterocycles. The van der Waals surface area contributed by atoms with E-state index in [1.54, 1.807) is 24.7 Å². The second kappa shape index (κ2) is 5.76. The van der Waals surface area contributed by atoms with Gasteiger partial charge in [0.1, 0.15) is 29.5 Å². The Morgan fingerprint density at radius 3 is 2.88 bits per heavy atom. The highest BCUT2D eigenvalue weighted by molar-refractivity contribution is 6.35. The molecule has 8 nitrogen and oxygen atoms in total. The molecular weight excluding hydrogens is 359 g/mol. The minimum atomic E-state index is -0.845. The van der Waals surface area contributed by atoms with Gasteiger partial charge in [0.05, 0.1) is 24.8 Å². The van der Waals surface area contributed by atoms with Crippen molar-refractivity contribution in [3.63, 3.8) is 0 Å². The molecule has 0 aromatic carbocycles. The van der Waals surface area contributed by atoms with E-state index < -0.39 is 24.0 Å². The molecule has 4 heterocycles. The van der Waals surface area contributed by atoms with Crippen molar-refractivity contribution in [2.75, 3.05) is 13.2 Å². The quantitative estimate of drug-likeness (QED) is 0.598. The molecule has 0 spiro atoms. The maximum atomic E-state index is 10.8. The third-order valence-corrected chi connectivity index (χ3v) is 4.74. The summed E-state index contributed by atoms with van der Waals surface area (Å²) in [5.41, 5.74) is 0.442. The highest BCUT2D eigenvalue weighted by Gasteiger charge is 2.48. The van der Waals surface area contributed by atoms with Crippen LogP contribution in [0.25, 0.3) is 11.0 Å². The summed E-state index contributed by atoms with van der Waals surface area (Å²) in [6, 6.07) is -0.486. The lowest BCUT2D eigenvalue weighted by atomic mass is 9.97. The molecule has 4 atom stereocenters. The lowest BCUT2D eigenvalue weighted by Crippen LogP contribution is -2.60. The molecule has 0 unspecified atom stereocenters. The zero-order chi connectivity index (χ0) is 17.1. The van der Waals surface area contributed by atoms with Crippen LogP contribution >= 0.6 is 23.2 Å². The zero-order valence-corrected chi connectivity index (χ0v) is 14.5. The summed E-state index contributed by atoms with van der Waals surface area (Å²) in [7, 11) is 0. The van der Waals surface area contributed by atoms with Crippen molar-refractivity contribution in [1.29, 1.82) is 0 Å². The van der Waals surface area contributed by atoms with E-state index in [0.717, 1.165) is 0 Å². The van der Waals surface area contributed by atoms with E-state index in [1.807, 2.05) is 0 Å². The number of ether oxygens (including phenoxy) is 3. The van der Waals surface area contributed by atoms with Gasteiger partial charge >= 0.3 is 0 Å². The van der Waals surface area contributed by atoms with Crippen molar-refractivity contribution in [1.82, 2.24) is 19.7 Å². The number of rotatable bonds is 1. The average molecular weight is 375 g/mol. The zero-order valence-electron chi connectivity index (χ0n) is 13.0. The Morgan fingerprint density at radius 1 is 1.29 bits per heavy atom. The fourth-order valence-corrected chi connectivity index (χ4v) is 3.53. The largest absolute Gasteiger partial charge is 0.388 e. The monoisotopic (exact) mass is 374 g/mol. The van der Waals surface area contributed by atoms with Gasteiger partial charge in [0.15, 0.2) is 11.4 Å². The lowest BCUT2D eigenvalue weighted by Gasteiger charge is -2.47. The third kappa shape index (κ3) is 2.67. The first-order valence-corrected chi connectivity index (χ1v) is 8.29. The number of aliphatic hydroxyl groups excluding tert-OH is 1. The Hall–Kier alpha value is -1.03. The second-order valence-electron chi connectivity index (χ2n) is 6.33. The van der Waals surface area contributed by atoms with E-state index >= 15 is 0 Å². The summed E-state index contributed by atoms with van der Waals surface area (Å²) in [5.74, 6) is -0.783. The van der Waals surface area contributed by atoms with Gasteiger partial charge < -0.3 is 19.3 Å². The van der Waals surface area contributed by atoms with Crippen molar-refractivity contribution in [3.05, 3.63) is 16.6 Å². The molecule has 10 heteroatoms. The summed E-state index contributed by atoms with van der Waals surface area (Å²) < 4.78 is 18.8. The van der Waals surface area contributed by atoms with E-state index in [0.29, 0.717) is 17.6 Å². The molecule has 24 heavy (non-hydrogen) atoms. The van der Waals surface area contributed by atoms with Crippen LogP contribution in [-0.2, 0) is 14.2 Å². The Bertz CT molecular complexity index is 783. The topological polar surface area (TPSA) is 91.5 Å². The highest BCUT2D eigenvalue weighted by Crippen LogP contribution is 2.35. The molecule has 2 aliphatic rings. The fraction of sp³-hybridized carbons (Fsp3) is 0.643. The Morgan fingerprint density at radius 2 is 2.08 bits per heavy atom. The number of aliphatic hydroxyl groups is 1. The first-order chi connectivity index (χ1) is 11.4. The maximum Gasteiger partial charge on any atom is 0.225 e. The van der Waals surface area contributed by atoms with E-state index in [2.05, 4.69) is 15.1 Å². The van der Waals surface area contributed by atoms with Crippen LogP contribution in [0.3, 0.4) is 0 Å². The van der Waals surface area contributed by atoms with Crippen LogP contribution in [-0.4, -0.2) is 62.2 Å². The molecular formula is C14H16Cl2N4O4. The van der Waals surface area contributed by atoms with E-state index in [1.165, 1.54) is 0 Å². The van der Waals surface area contributed by atoms with Gasteiger partial charge in [0, 0.05) is 0 Å². The first kappa shape index (κ1) is 16.4. The minimum Gasteiger partial charge on any atom is -0.388 e. The van der Waals surface area contributed by atoms with Crippen LogP contribution in [0.2, 0.25) is 10.4 Å². The molecule has 0 amide bonds. The predicted molar refractivity (Wildman–Crippen MR) is 85.0 cm³/mol. The SMILES string of the molecule is CC1(C)OC[C@H]2OC[C@@H](n3ncc4c(Cl)nc(Cl)nc43)[C@H](O)[C@@H]2O1. The molecule has 2 saturated heterocycles. The molecule has 2 aromatic rings. The Labute approximate surface area is 147 Å². The van der Waals surface area contributed by atoms with Crippen LogP contribution in [0.15, 0.2) is 6.20 Å². The molecule has 0 saturated carbocycles. The van der Waals surface area contributed by atoms with Gasteiger partial charge in [-0.25, -0.2) is 9.67 Å². The minimum absolute atomic E-state index is 0.0155. The van der Waals surface area contributed by atoms with E-state index in [-0.39, 0.29) is 23.1 Å². The van der Waals surface area contributed by atoms with Crippen LogP contribution in [0.5, 0.6) is 0 Å². The number of fused-ring (bicyclic) bond motifs is 2. The van der Waals surface area contributed by atoms with Gasteiger partial charge in [-0.2, -0.15) is 10.1 Å². The molecule has 0 bridgehead atoms. The second-order valence-corrected chi connectivity index (χ2v) is 7.03. The van der Waals surface area contributed by atoms with E-state index in [4.69, 9.17) is 37.4 Å². The Balaban J connectivity index is 1.70. The molecule has 130 valence electrons.